The highest BCUT2D eigenvalue weighted by Crippen LogP contribution is 2.26. The van der Waals surface area contributed by atoms with Crippen LogP contribution in [0.3, 0.4) is 0 Å². The number of carbonyl (C=O) groups excluding carboxylic acids is 1. The molecular weight excluding hydrogens is 398 g/mol. The van der Waals surface area contributed by atoms with Crippen molar-refractivity contribution in [1.29, 1.82) is 0 Å². The Kier molecular flexibility index (Phi) is 5.94. The molecule has 0 bridgehead atoms. The first-order valence-corrected chi connectivity index (χ1v) is 10.9. The minimum absolute atomic E-state index is 0.103. The standard InChI is InChI=1S/C22H25N5O2S/c1-14-5-3-6-15(2)21(14)29-12-19-25-26-22(27(19)23)30-13-20(28)24-18-10-9-16-7-4-8-17(16)11-18/h3,5-6,9-11H,4,7-8,12-13,23H2,1-2H3,(H,24,28). The molecule has 8 heteroatoms. The highest BCUT2D eigenvalue weighted by molar-refractivity contribution is 7.99. The first-order chi connectivity index (χ1) is 14.5. The molecule has 1 amide bonds. The third-order valence-electron chi connectivity index (χ3n) is 5.20. The number of para-hydroxylation sites is 1. The molecule has 4 rings (SSSR count). The van der Waals surface area contributed by atoms with E-state index in [-0.39, 0.29) is 18.3 Å². The molecule has 3 aromatic rings. The normalized spacial score (nSPS) is 12.6. The molecule has 0 fully saturated rings. The van der Waals surface area contributed by atoms with E-state index in [0.717, 1.165) is 35.4 Å². The predicted octanol–water partition coefficient (Wildman–Crippen LogP) is 3.41. The maximum Gasteiger partial charge on any atom is 0.234 e. The van der Waals surface area contributed by atoms with Gasteiger partial charge in [0.2, 0.25) is 11.1 Å². The minimum Gasteiger partial charge on any atom is -0.485 e. The van der Waals surface area contributed by atoms with Crippen molar-refractivity contribution in [3.63, 3.8) is 0 Å². The van der Waals surface area contributed by atoms with E-state index in [1.165, 1.54) is 34.0 Å². The van der Waals surface area contributed by atoms with Crippen molar-refractivity contribution in [3.05, 3.63) is 64.5 Å². The van der Waals surface area contributed by atoms with Gasteiger partial charge in [-0.05, 0) is 67.5 Å². The summed E-state index contributed by atoms with van der Waals surface area (Å²) < 4.78 is 7.27. The van der Waals surface area contributed by atoms with Crippen LogP contribution in [-0.4, -0.2) is 26.5 Å². The molecule has 156 valence electrons. The molecule has 1 aliphatic carbocycles. The van der Waals surface area contributed by atoms with Crippen LogP contribution >= 0.6 is 11.8 Å². The number of nitrogen functional groups attached to an aromatic ring is 1. The molecule has 2 aromatic carbocycles. The summed E-state index contributed by atoms with van der Waals surface area (Å²) in [6, 6.07) is 12.1. The fraction of sp³-hybridized carbons (Fsp3) is 0.318. The zero-order valence-electron chi connectivity index (χ0n) is 17.1. The lowest BCUT2D eigenvalue weighted by Gasteiger charge is -2.11. The molecule has 1 aliphatic rings. The average Bonchev–Trinajstić information content (AvgIpc) is 3.32. The number of fused-ring (bicyclic) bond motifs is 1. The number of hydrogen-bond donors (Lipinski definition) is 2. The summed E-state index contributed by atoms with van der Waals surface area (Å²) in [4.78, 5) is 12.3. The Bertz CT molecular complexity index is 1060. The Morgan fingerprint density at radius 1 is 1.17 bits per heavy atom. The zero-order valence-corrected chi connectivity index (χ0v) is 18.0. The van der Waals surface area contributed by atoms with Crippen LogP contribution < -0.4 is 15.9 Å². The highest BCUT2D eigenvalue weighted by atomic mass is 32.2. The number of ether oxygens (including phenoxy) is 1. The SMILES string of the molecule is Cc1cccc(C)c1OCc1nnc(SCC(=O)Nc2ccc3c(c2)CCC3)n1N. The first-order valence-electron chi connectivity index (χ1n) is 9.94. The molecule has 7 nitrogen and oxygen atoms in total. The van der Waals surface area contributed by atoms with Gasteiger partial charge in [0, 0.05) is 5.69 Å². The second-order valence-corrected chi connectivity index (χ2v) is 8.39. The number of rotatable bonds is 7. The first kappa shape index (κ1) is 20.3. The molecule has 30 heavy (non-hydrogen) atoms. The lowest BCUT2D eigenvalue weighted by molar-refractivity contribution is -0.113. The van der Waals surface area contributed by atoms with Gasteiger partial charge in [0.25, 0.3) is 0 Å². The van der Waals surface area contributed by atoms with Gasteiger partial charge >= 0.3 is 0 Å². The Labute approximate surface area is 180 Å². The fourth-order valence-electron chi connectivity index (χ4n) is 3.64. The number of thioether (sulfide) groups is 1. The molecule has 0 radical (unpaired) electrons. The van der Waals surface area contributed by atoms with Crippen LogP contribution in [0.2, 0.25) is 0 Å². The molecule has 1 aromatic heterocycles. The number of benzene rings is 2. The van der Waals surface area contributed by atoms with Crippen molar-refractivity contribution < 1.29 is 9.53 Å². The van der Waals surface area contributed by atoms with Crippen molar-refractivity contribution in [2.45, 2.75) is 44.9 Å². The van der Waals surface area contributed by atoms with Crippen molar-refractivity contribution in [3.8, 4) is 5.75 Å². The minimum atomic E-state index is -0.103. The van der Waals surface area contributed by atoms with Crippen LogP contribution in [-0.2, 0) is 24.2 Å². The smallest absolute Gasteiger partial charge is 0.234 e. The average molecular weight is 424 g/mol. The maximum absolute atomic E-state index is 12.3. The zero-order chi connectivity index (χ0) is 21.1. The Balaban J connectivity index is 1.32. The Morgan fingerprint density at radius 2 is 1.93 bits per heavy atom. The van der Waals surface area contributed by atoms with E-state index in [0.29, 0.717) is 11.0 Å². The lowest BCUT2D eigenvalue weighted by Crippen LogP contribution is -2.18. The molecule has 1 heterocycles. The number of nitrogens with two attached hydrogens (primary N) is 1. The maximum atomic E-state index is 12.3. The van der Waals surface area contributed by atoms with Gasteiger partial charge in [-0.15, -0.1) is 10.2 Å². The van der Waals surface area contributed by atoms with Gasteiger partial charge in [-0.2, -0.15) is 0 Å². The molecule has 0 spiro atoms. The van der Waals surface area contributed by atoms with Gasteiger partial charge in [-0.25, -0.2) is 4.68 Å². The monoisotopic (exact) mass is 423 g/mol. The third-order valence-corrected chi connectivity index (χ3v) is 6.15. The van der Waals surface area contributed by atoms with Gasteiger partial charge in [-0.1, -0.05) is 36.0 Å². The largest absolute Gasteiger partial charge is 0.485 e. The number of carbonyl (C=O) groups is 1. The molecule has 0 saturated carbocycles. The number of amides is 1. The van der Waals surface area contributed by atoms with Crippen molar-refractivity contribution in [1.82, 2.24) is 14.9 Å². The molecule has 0 aliphatic heterocycles. The fourth-order valence-corrected chi connectivity index (χ4v) is 4.32. The Hall–Kier alpha value is -3.00. The van der Waals surface area contributed by atoms with E-state index in [1.54, 1.807) is 0 Å². The van der Waals surface area contributed by atoms with E-state index >= 15 is 0 Å². The van der Waals surface area contributed by atoms with Crippen LogP contribution in [0.5, 0.6) is 5.75 Å². The number of nitrogens with one attached hydrogen (secondary N) is 1. The number of anilines is 1. The van der Waals surface area contributed by atoms with Gasteiger partial charge in [0.1, 0.15) is 12.4 Å². The summed E-state index contributed by atoms with van der Waals surface area (Å²) in [6.45, 7) is 4.20. The van der Waals surface area contributed by atoms with Crippen LogP contribution in [0.25, 0.3) is 0 Å². The summed E-state index contributed by atoms with van der Waals surface area (Å²) in [5, 5.41) is 11.6. The van der Waals surface area contributed by atoms with Crippen LogP contribution in [0, 0.1) is 13.8 Å². The quantitative estimate of drug-likeness (QED) is 0.447. The summed E-state index contributed by atoms with van der Waals surface area (Å²) in [5.41, 5.74) is 5.65. The van der Waals surface area contributed by atoms with E-state index in [2.05, 4.69) is 27.6 Å². The second-order valence-electron chi connectivity index (χ2n) is 7.45. The van der Waals surface area contributed by atoms with E-state index in [9.17, 15) is 4.79 Å². The van der Waals surface area contributed by atoms with Gasteiger partial charge in [-0.3, -0.25) is 4.79 Å². The summed E-state index contributed by atoms with van der Waals surface area (Å²) in [7, 11) is 0. The number of aryl methyl sites for hydroxylation is 4. The van der Waals surface area contributed by atoms with Crippen molar-refractivity contribution in [2.75, 3.05) is 16.9 Å². The molecule has 0 atom stereocenters. The third kappa shape index (κ3) is 4.43. The lowest BCUT2D eigenvalue weighted by atomic mass is 10.1. The van der Waals surface area contributed by atoms with Gasteiger partial charge < -0.3 is 15.9 Å². The molecule has 0 saturated heterocycles. The van der Waals surface area contributed by atoms with Crippen LogP contribution in [0.4, 0.5) is 5.69 Å². The summed E-state index contributed by atoms with van der Waals surface area (Å²) in [5.74, 6) is 7.52. The second kappa shape index (κ2) is 8.79. The number of hydrogen-bond acceptors (Lipinski definition) is 6. The summed E-state index contributed by atoms with van der Waals surface area (Å²) >= 11 is 1.25. The van der Waals surface area contributed by atoms with Gasteiger partial charge in [0.05, 0.1) is 5.75 Å². The van der Waals surface area contributed by atoms with Gasteiger partial charge in [0.15, 0.2) is 5.82 Å². The van der Waals surface area contributed by atoms with Crippen LogP contribution in [0.1, 0.15) is 34.5 Å². The van der Waals surface area contributed by atoms with E-state index in [4.69, 9.17) is 10.6 Å². The molecule has 3 N–H and O–H groups in total. The van der Waals surface area contributed by atoms with E-state index < -0.39 is 0 Å². The topological polar surface area (TPSA) is 95.1 Å². The predicted molar refractivity (Wildman–Crippen MR) is 118 cm³/mol. The Morgan fingerprint density at radius 3 is 2.73 bits per heavy atom. The number of aromatic nitrogens is 3. The van der Waals surface area contributed by atoms with Crippen molar-refractivity contribution >= 4 is 23.4 Å². The number of nitrogens with zero attached hydrogens (tertiary/aromatic N) is 3. The summed E-state index contributed by atoms with van der Waals surface area (Å²) in [6.07, 6.45) is 3.39. The van der Waals surface area contributed by atoms with Crippen molar-refractivity contribution in [2.24, 2.45) is 0 Å². The van der Waals surface area contributed by atoms with Crippen LogP contribution in [0.15, 0.2) is 41.6 Å². The van der Waals surface area contributed by atoms with E-state index in [1.807, 2.05) is 38.1 Å². The molecule has 0 unspecified atom stereocenters. The molecular formula is C22H25N5O2S. The highest BCUT2D eigenvalue weighted by Gasteiger charge is 2.15.